The molecule has 4 rings (SSSR count). The molecule has 0 radical (unpaired) electrons. The van der Waals surface area contributed by atoms with Gasteiger partial charge >= 0.3 is 6.18 Å². The Kier molecular flexibility index (Phi) is 6.59. The summed E-state index contributed by atoms with van der Waals surface area (Å²) in [5, 5.41) is 5.62. The van der Waals surface area contributed by atoms with Crippen LogP contribution >= 0.6 is 0 Å². The van der Waals surface area contributed by atoms with Crippen LogP contribution in [0.1, 0.15) is 28.8 Å². The Hall–Kier alpha value is -3.08. The standard InChI is InChI=1S/C22H22F5N3O3/c23-12-33-20-10-15(21(31)30-5-7-32-8-6-30)17(24)11-19(20)29-14-3-4-16(22(25,26)27)18(9-14)28-13-1-2-13/h3-4,9-11,13,28-29H,1-2,5-8,12H2/i23-1. The summed E-state index contributed by atoms with van der Waals surface area (Å²) in [5.74, 6) is -1.60. The van der Waals surface area contributed by atoms with Gasteiger partial charge in [-0.05, 0) is 37.1 Å². The van der Waals surface area contributed by atoms with Crippen LogP contribution in [0.5, 0.6) is 5.75 Å². The minimum absolute atomic E-state index is 0.0270. The number of amides is 1. The number of halogens is 5. The molecular formula is C22H22F5N3O3. The molecule has 0 atom stereocenters. The van der Waals surface area contributed by atoms with Gasteiger partial charge in [-0.3, -0.25) is 4.79 Å². The van der Waals surface area contributed by atoms with Gasteiger partial charge in [0.2, 0.25) is 6.86 Å². The van der Waals surface area contributed by atoms with Gasteiger partial charge in [0.1, 0.15) is 11.6 Å². The van der Waals surface area contributed by atoms with Crippen LogP contribution in [0, 0.1) is 5.82 Å². The second-order valence-corrected chi connectivity index (χ2v) is 7.79. The highest BCUT2D eigenvalue weighted by atomic mass is 19.4. The number of morpholine rings is 1. The Labute approximate surface area is 186 Å². The number of carbonyl (C=O) groups is 1. The average molecular weight is 470 g/mol. The summed E-state index contributed by atoms with van der Waals surface area (Å²) in [6.45, 7) is -0.00916. The molecule has 0 aromatic heterocycles. The maximum atomic E-state index is 14.8. The van der Waals surface area contributed by atoms with E-state index < -0.39 is 30.3 Å². The molecule has 2 N–H and O–H groups in total. The smallest absolute Gasteiger partial charge is 0.418 e. The summed E-state index contributed by atoms with van der Waals surface area (Å²) >= 11 is 0. The van der Waals surface area contributed by atoms with E-state index in [2.05, 4.69) is 10.6 Å². The molecule has 1 aliphatic carbocycles. The number of hydrogen-bond acceptors (Lipinski definition) is 5. The Balaban J connectivity index is 1.63. The molecular weight excluding hydrogens is 448 g/mol. The van der Waals surface area contributed by atoms with Crippen LogP contribution in [0.3, 0.4) is 0 Å². The van der Waals surface area contributed by atoms with Gasteiger partial charge in [0.15, 0.2) is 0 Å². The zero-order valence-electron chi connectivity index (χ0n) is 17.5. The first kappa shape index (κ1) is 23.1. The van der Waals surface area contributed by atoms with Gasteiger partial charge in [-0.25, -0.2) is 8.78 Å². The van der Waals surface area contributed by atoms with E-state index in [-0.39, 0.29) is 34.4 Å². The number of carbonyl (C=O) groups excluding carboxylic acids is 1. The van der Waals surface area contributed by atoms with Gasteiger partial charge in [0.05, 0.1) is 30.0 Å². The van der Waals surface area contributed by atoms with E-state index in [1.807, 2.05) is 0 Å². The van der Waals surface area contributed by atoms with Gasteiger partial charge in [0, 0.05) is 36.6 Å². The van der Waals surface area contributed by atoms with E-state index in [9.17, 15) is 26.7 Å². The van der Waals surface area contributed by atoms with Crippen molar-refractivity contribution in [2.75, 3.05) is 43.8 Å². The van der Waals surface area contributed by atoms with Gasteiger partial charge in [-0.15, -0.1) is 0 Å². The Bertz CT molecular complexity index is 1020. The van der Waals surface area contributed by atoms with Gasteiger partial charge in [-0.2, -0.15) is 13.2 Å². The minimum Gasteiger partial charge on any atom is -0.461 e. The molecule has 1 amide bonds. The van der Waals surface area contributed by atoms with E-state index >= 15 is 0 Å². The maximum absolute atomic E-state index is 14.8. The SMILES string of the molecule is O=C(c1cc(OC[18F])c(Nc2ccc(C(F)(F)F)c(NC3CC3)c2)cc1F)N1CCOCC1. The summed E-state index contributed by atoms with van der Waals surface area (Å²) < 4.78 is 78.0. The highest BCUT2D eigenvalue weighted by Crippen LogP contribution is 2.40. The van der Waals surface area contributed by atoms with E-state index in [0.29, 0.717) is 26.3 Å². The van der Waals surface area contributed by atoms with Crippen molar-refractivity contribution < 1.29 is 36.2 Å². The maximum Gasteiger partial charge on any atom is 0.418 e. The minimum atomic E-state index is -4.55. The first-order valence-electron chi connectivity index (χ1n) is 10.4. The quantitative estimate of drug-likeness (QED) is 0.562. The van der Waals surface area contributed by atoms with Crippen LogP contribution in [0.25, 0.3) is 0 Å². The van der Waals surface area contributed by atoms with Crippen molar-refractivity contribution in [1.29, 1.82) is 0 Å². The van der Waals surface area contributed by atoms with Crippen molar-refractivity contribution in [3.63, 3.8) is 0 Å². The largest absolute Gasteiger partial charge is 0.461 e. The molecule has 0 spiro atoms. The lowest BCUT2D eigenvalue weighted by Gasteiger charge is -2.27. The molecule has 178 valence electrons. The van der Waals surface area contributed by atoms with Crippen LogP contribution in [0.4, 0.5) is 39.0 Å². The van der Waals surface area contributed by atoms with Gasteiger partial charge in [0.25, 0.3) is 5.91 Å². The van der Waals surface area contributed by atoms with Crippen molar-refractivity contribution in [3.8, 4) is 5.75 Å². The summed E-state index contributed by atoms with van der Waals surface area (Å²) in [6, 6.07) is 5.37. The van der Waals surface area contributed by atoms with E-state index in [1.54, 1.807) is 0 Å². The van der Waals surface area contributed by atoms with E-state index in [1.165, 1.54) is 17.0 Å². The molecule has 2 fully saturated rings. The molecule has 11 heteroatoms. The zero-order chi connectivity index (χ0) is 23.6. The molecule has 1 heterocycles. The van der Waals surface area contributed by atoms with Gasteiger partial charge < -0.3 is 25.0 Å². The fourth-order valence-electron chi connectivity index (χ4n) is 3.52. The lowest BCUT2D eigenvalue weighted by atomic mass is 10.1. The van der Waals surface area contributed by atoms with Crippen LogP contribution < -0.4 is 15.4 Å². The van der Waals surface area contributed by atoms with Crippen molar-refractivity contribution >= 4 is 23.0 Å². The molecule has 2 aromatic rings. The third kappa shape index (κ3) is 5.47. The van der Waals surface area contributed by atoms with Crippen LogP contribution in [-0.4, -0.2) is 50.0 Å². The summed E-state index contributed by atoms with van der Waals surface area (Å²) in [4.78, 5) is 14.1. The number of nitrogens with zero attached hydrogens (tertiary/aromatic N) is 1. The lowest BCUT2D eigenvalue weighted by molar-refractivity contribution is -0.136. The van der Waals surface area contributed by atoms with E-state index in [0.717, 1.165) is 31.0 Å². The predicted molar refractivity (Wildman–Crippen MR) is 111 cm³/mol. The Morgan fingerprint density at radius 1 is 1.12 bits per heavy atom. The monoisotopic (exact) mass is 470 g/mol. The third-order valence-electron chi connectivity index (χ3n) is 5.35. The number of rotatable bonds is 7. The van der Waals surface area contributed by atoms with Crippen LogP contribution in [0.15, 0.2) is 30.3 Å². The number of benzene rings is 2. The molecule has 1 aliphatic heterocycles. The fourth-order valence-corrected chi connectivity index (χ4v) is 3.52. The first-order chi connectivity index (χ1) is 15.8. The average Bonchev–Trinajstić information content (AvgIpc) is 3.59. The first-order valence-corrected chi connectivity index (χ1v) is 10.4. The Morgan fingerprint density at radius 2 is 1.85 bits per heavy atom. The van der Waals surface area contributed by atoms with Crippen molar-refractivity contribution in [3.05, 3.63) is 47.3 Å². The van der Waals surface area contributed by atoms with Crippen LogP contribution in [-0.2, 0) is 10.9 Å². The van der Waals surface area contributed by atoms with Crippen molar-refractivity contribution in [1.82, 2.24) is 4.90 Å². The second-order valence-electron chi connectivity index (χ2n) is 7.79. The summed E-state index contributed by atoms with van der Waals surface area (Å²) in [7, 11) is 0. The second kappa shape index (κ2) is 9.42. The highest BCUT2D eigenvalue weighted by Gasteiger charge is 2.35. The molecule has 1 saturated carbocycles. The van der Waals surface area contributed by atoms with Crippen LogP contribution in [0.2, 0.25) is 0 Å². The number of hydrogen-bond donors (Lipinski definition) is 2. The topological polar surface area (TPSA) is 62.8 Å². The summed E-state index contributed by atoms with van der Waals surface area (Å²) in [6.07, 6.45) is -3.01. The molecule has 2 aliphatic rings. The number of anilines is 3. The zero-order valence-corrected chi connectivity index (χ0v) is 17.5. The molecule has 33 heavy (non-hydrogen) atoms. The molecule has 0 bridgehead atoms. The summed E-state index contributed by atoms with van der Waals surface area (Å²) in [5.41, 5.74) is -1.04. The highest BCUT2D eigenvalue weighted by molar-refractivity contribution is 5.96. The van der Waals surface area contributed by atoms with Crippen molar-refractivity contribution in [2.45, 2.75) is 25.1 Å². The predicted octanol–water partition coefficient (Wildman–Crippen LogP) is 4.94. The number of ether oxygens (including phenoxy) is 2. The lowest BCUT2D eigenvalue weighted by Crippen LogP contribution is -2.41. The van der Waals surface area contributed by atoms with E-state index in [4.69, 9.17) is 9.47 Å². The number of nitrogens with one attached hydrogen (secondary N) is 2. The Morgan fingerprint density at radius 3 is 2.48 bits per heavy atom. The molecule has 0 unspecified atom stereocenters. The van der Waals surface area contributed by atoms with Crippen molar-refractivity contribution in [2.24, 2.45) is 0 Å². The third-order valence-corrected chi connectivity index (χ3v) is 5.35. The number of alkyl halides is 4. The molecule has 2 aromatic carbocycles. The normalized spacial score (nSPS) is 16.5. The fraction of sp³-hybridized carbons (Fsp3) is 0.409. The molecule has 1 saturated heterocycles. The van der Waals surface area contributed by atoms with Gasteiger partial charge in [-0.1, -0.05) is 0 Å². The molecule has 6 nitrogen and oxygen atoms in total.